The summed E-state index contributed by atoms with van der Waals surface area (Å²) in [6.07, 6.45) is 3.71. The van der Waals surface area contributed by atoms with E-state index >= 15 is 0 Å². The van der Waals surface area contributed by atoms with Gasteiger partial charge in [-0.15, -0.1) is 0 Å². The van der Waals surface area contributed by atoms with Crippen LogP contribution in [0.25, 0.3) is 0 Å². The van der Waals surface area contributed by atoms with Crippen molar-refractivity contribution < 1.29 is 19.1 Å². The maximum absolute atomic E-state index is 12.5. The first-order valence-electron chi connectivity index (χ1n) is 13.1. The van der Waals surface area contributed by atoms with Crippen LogP contribution in [-0.2, 0) is 4.74 Å². The number of carbonyl (C=O) groups is 3. The van der Waals surface area contributed by atoms with Crippen LogP contribution in [0.3, 0.4) is 0 Å². The second-order valence-electron chi connectivity index (χ2n) is 11.1. The van der Waals surface area contributed by atoms with Gasteiger partial charge in [0.1, 0.15) is 5.60 Å². The normalized spacial score (nSPS) is 20.4. The number of ether oxygens (including phenoxy) is 1. The van der Waals surface area contributed by atoms with Gasteiger partial charge in [-0.1, -0.05) is 12.1 Å². The molecule has 1 aromatic rings. The average molecular weight is 485 g/mol. The molecule has 8 heteroatoms. The number of hydrogen-bond donors (Lipinski definition) is 0. The minimum atomic E-state index is -0.442. The third kappa shape index (κ3) is 6.61. The van der Waals surface area contributed by atoms with Crippen LogP contribution in [0.2, 0.25) is 0 Å². The second-order valence-corrected chi connectivity index (χ2v) is 11.1. The SMILES string of the molecule is CC(C)(C)OC(=O)N1CCC(CN2CCN(CCCCN3C(=O)c4ccccc4C3=O)CC2)CC1. The van der Waals surface area contributed by atoms with Gasteiger partial charge in [-0.2, -0.15) is 0 Å². The van der Waals surface area contributed by atoms with Crippen LogP contribution in [0.5, 0.6) is 0 Å². The summed E-state index contributed by atoms with van der Waals surface area (Å²) in [7, 11) is 0. The van der Waals surface area contributed by atoms with Gasteiger partial charge in [0.2, 0.25) is 0 Å². The van der Waals surface area contributed by atoms with Crippen LogP contribution in [-0.4, -0.2) is 102 Å². The third-order valence-corrected chi connectivity index (χ3v) is 7.23. The molecule has 3 amide bonds. The smallest absolute Gasteiger partial charge is 0.410 e. The summed E-state index contributed by atoms with van der Waals surface area (Å²) in [5, 5.41) is 0. The van der Waals surface area contributed by atoms with Gasteiger partial charge in [-0.3, -0.25) is 14.5 Å². The van der Waals surface area contributed by atoms with Crippen molar-refractivity contribution in [2.24, 2.45) is 5.92 Å². The first-order chi connectivity index (χ1) is 16.7. The zero-order valence-electron chi connectivity index (χ0n) is 21.5. The van der Waals surface area contributed by atoms with Gasteiger partial charge >= 0.3 is 6.09 Å². The quantitative estimate of drug-likeness (QED) is 0.437. The van der Waals surface area contributed by atoms with Gasteiger partial charge in [0.25, 0.3) is 11.8 Å². The van der Waals surface area contributed by atoms with E-state index in [-0.39, 0.29) is 17.9 Å². The Kier molecular flexibility index (Phi) is 8.12. The van der Waals surface area contributed by atoms with Crippen molar-refractivity contribution >= 4 is 17.9 Å². The maximum atomic E-state index is 12.5. The van der Waals surface area contributed by atoms with Crippen LogP contribution in [0.1, 0.15) is 67.2 Å². The first kappa shape index (κ1) is 25.6. The minimum Gasteiger partial charge on any atom is -0.444 e. The first-order valence-corrected chi connectivity index (χ1v) is 13.1. The molecule has 8 nitrogen and oxygen atoms in total. The van der Waals surface area contributed by atoms with Crippen molar-refractivity contribution in [1.82, 2.24) is 19.6 Å². The van der Waals surface area contributed by atoms with Gasteiger partial charge in [0.15, 0.2) is 0 Å². The van der Waals surface area contributed by atoms with Crippen molar-refractivity contribution in [2.45, 2.75) is 52.1 Å². The van der Waals surface area contributed by atoms with E-state index in [1.54, 1.807) is 24.3 Å². The zero-order chi connectivity index (χ0) is 25.0. The standard InChI is InChI=1S/C27H40N4O4/c1-27(2,3)35-26(34)30-14-10-21(11-15-30)20-29-18-16-28(17-19-29)12-6-7-13-31-24(32)22-8-4-5-9-23(22)25(31)33/h4-5,8-9,21H,6-7,10-20H2,1-3H3. The molecule has 0 saturated carbocycles. The monoisotopic (exact) mass is 484 g/mol. The Morgan fingerprint density at radius 3 is 1.97 bits per heavy atom. The predicted octanol–water partition coefficient (Wildman–Crippen LogP) is 3.33. The molecule has 2 saturated heterocycles. The number of imide groups is 1. The number of carbonyl (C=O) groups excluding carboxylic acids is 3. The molecule has 0 bridgehead atoms. The van der Waals surface area contributed by atoms with E-state index < -0.39 is 5.60 Å². The van der Waals surface area contributed by atoms with Crippen molar-refractivity contribution in [3.63, 3.8) is 0 Å². The fourth-order valence-electron chi connectivity index (χ4n) is 5.23. The second kappa shape index (κ2) is 11.1. The van der Waals surface area contributed by atoms with E-state index in [2.05, 4.69) is 9.80 Å². The van der Waals surface area contributed by atoms with Crippen molar-refractivity contribution in [3.05, 3.63) is 35.4 Å². The molecule has 2 fully saturated rings. The number of amides is 3. The fraction of sp³-hybridized carbons (Fsp3) is 0.667. The Balaban J connectivity index is 1.09. The summed E-state index contributed by atoms with van der Waals surface area (Å²) in [5.41, 5.74) is 0.621. The molecule has 3 aliphatic heterocycles. The molecule has 3 heterocycles. The topological polar surface area (TPSA) is 73.4 Å². The lowest BCUT2D eigenvalue weighted by atomic mass is 9.96. The maximum Gasteiger partial charge on any atom is 0.410 e. The van der Waals surface area contributed by atoms with Crippen LogP contribution in [0.4, 0.5) is 4.79 Å². The van der Waals surface area contributed by atoms with E-state index in [4.69, 9.17) is 4.74 Å². The lowest BCUT2D eigenvalue weighted by molar-refractivity contribution is 0.0159. The number of benzene rings is 1. The molecular weight excluding hydrogens is 444 g/mol. The third-order valence-electron chi connectivity index (χ3n) is 7.23. The van der Waals surface area contributed by atoms with Gasteiger partial charge in [0.05, 0.1) is 11.1 Å². The Hall–Kier alpha value is -2.45. The molecule has 1 aromatic carbocycles. The Labute approximate surface area is 209 Å². The largest absolute Gasteiger partial charge is 0.444 e. The van der Waals surface area contributed by atoms with Crippen molar-refractivity contribution in [3.8, 4) is 0 Å². The number of piperidine rings is 1. The molecule has 192 valence electrons. The van der Waals surface area contributed by atoms with Crippen LogP contribution < -0.4 is 0 Å². The van der Waals surface area contributed by atoms with Crippen LogP contribution in [0, 0.1) is 5.92 Å². The number of fused-ring (bicyclic) bond motifs is 1. The van der Waals surface area contributed by atoms with Gasteiger partial charge in [0, 0.05) is 52.4 Å². The summed E-state index contributed by atoms with van der Waals surface area (Å²) < 4.78 is 5.50. The molecule has 0 aliphatic carbocycles. The molecule has 3 aliphatic rings. The highest BCUT2D eigenvalue weighted by molar-refractivity contribution is 6.21. The summed E-state index contributed by atoms with van der Waals surface area (Å²) in [6.45, 7) is 14.2. The minimum absolute atomic E-state index is 0.156. The summed E-state index contributed by atoms with van der Waals surface area (Å²) in [5.74, 6) is 0.326. The van der Waals surface area contributed by atoms with E-state index in [1.165, 1.54) is 4.90 Å². The van der Waals surface area contributed by atoms with Crippen molar-refractivity contribution in [2.75, 3.05) is 58.9 Å². The summed E-state index contributed by atoms with van der Waals surface area (Å²) in [4.78, 5) is 45.5. The highest BCUT2D eigenvalue weighted by atomic mass is 16.6. The lowest BCUT2D eigenvalue weighted by Crippen LogP contribution is -2.49. The van der Waals surface area contributed by atoms with E-state index in [9.17, 15) is 14.4 Å². The molecule has 0 atom stereocenters. The highest BCUT2D eigenvalue weighted by Crippen LogP contribution is 2.23. The number of unbranched alkanes of at least 4 members (excludes halogenated alkanes) is 1. The molecule has 4 rings (SSSR count). The van der Waals surface area contributed by atoms with E-state index in [0.717, 1.165) is 78.0 Å². The van der Waals surface area contributed by atoms with E-state index in [1.807, 2.05) is 25.7 Å². The number of likely N-dealkylation sites (tertiary alicyclic amines) is 1. The van der Waals surface area contributed by atoms with Gasteiger partial charge in [-0.05, 0) is 71.0 Å². The molecule has 35 heavy (non-hydrogen) atoms. The van der Waals surface area contributed by atoms with Crippen LogP contribution in [0.15, 0.2) is 24.3 Å². The Morgan fingerprint density at radius 2 is 1.40 bits per heavy atom. The molecule has 0 unspecified atom stereocenters. The number of nitrogens with zero attached hydrogens (tertiary/aromatic N) is 4. The number of rotatable bonds is 7. The highest BCUT2D eigenvalue weighted by Gasteiger charge is 2.34. The van der Waals surface area contributed by atoms with Gasteiger partial charge in [-0.25, -0.2) is 4.79 Å². The van der Waals surface area contributed by atoms with Gasteiger partial charge < -0.3 is 19.4 Å². The number of hydrogen-bond acceptors (Lipinski definition) is 6. The molecular formula is C27H40N4O4. The molecule has 0 radical (unpaired) electrons. The number of piperazine rings is 1. The summed E-state index contributed by atoms with van der Waals surface area (Å²) in [6, 6.07) is 7.08. The molecule has 0 N–H and O–H groups in total. The van der Waals surface area contributed by atoms with Crippen molar-refractivity contribution in [1.29, 1.82) is 0 Å². The molecule has 0 aromatic heterocycles. The summed E-state index contributed by atoms with van der Waals surface area (Å²) >= 11 is 0. The Bertz CT molecular complexity index is 877. The lowest BCUT2D eigenvalue weighted by Gasteiger charge is -2.39. The fourth-order valence-corrected chi connectivity index (χ4v) is 5.23. The zero-order valence-corrected chi connectivity index (χ0v) is 21.5. The van der Waals surface area contributed by atoms with Crippen LogP contribution >= 0.6 is 0 Å². The average Bonchev–Trinajstić information content (AvgIpc) is 3.07. The Morgan fingerprint density at radius 1 is 0.857 bits per heavy atom. The predicted molar refractivity (Wildman–Crippen MR) is 134 cm³/mol. The molecule has 0 spiro atoms. The van der Waals surface area contributed by atoms with E-state index in [0.29, 0.717) is 23.6 Å².